The Morgan fingerprint density at radius 3 is 2.74 bits per heavy atom. The van der Waals surface area contributed by atoms with Crippen molar-refractivity contribution in [2.45, 2.75) is 62.9 Å². The van der Waals surface area contributed by atoms with Crippen molar-refractivity contribution in [3.63, 3.8) is 0 Å². The van der Waals surface area contributed by atoms with Crippen LogP contribution in [0.2, 0.25) is 0 Å². The van der Waals surface area contributed by atoms with Crippen molar-refractivity contribution in [3.05, 3.63) is 78.2 Å². The van der Waals surface area contributed by atoms with Gasteiger partial charge in [0.25, 0.3) is 5.91 Å². The second kappa shape index (κ2) is 10.8. The van der Waals surface area contributed by atoms with E-state index in [1.165, 1.54) is 0 Å². The van der Waals surface area contributed by atoms with Crippen LogP contribution in [0.3, 0.4) is 0 Å². The van der Waals surface area contributed by atoms with Crippen molar-refractivity contribution in [3.8, 4) is 11.3 Å². The maximum atomic E-state index is 13.4. The Bertz CT molecular complexity index is 1750. The molecule has 7 rings (SSSR count). The van der Waals surface area contributed by atoms with E-state index >= 15 is 0 Å². The van der Waals surface area contributed by atoms with Gasteiger partial charge in [0.15, 0.2) is 5.65 Å². The molecule has 1 aromatic carbocycles. The highest BCUT2D eigenvalue weighted by atomic mass is 16.5. The van der Waals surface area contributed by atoms with E-state index in [9.17, 15) is 9.90 Å². The van der Waals surface area contributed by atoms with Crippen LogP contribution in [0, 0.1) is 0 Å². The lowest BCUT2D eigenvalue weighted by Crippen LogP contribution is -2.50. The van der Waals surface area contributed by atoms with E-state index in [0.717, 1.165) is 59.4 Å². The first kappa shape index (κ1) is 26.6. The Kier molecular flexibility index (Phi) is 6.87. The van der Waals surface area contributed by atoms with Gasteiger partial charge in [-0.05, 0) is 49.8 Å². The number of aromatic nitrogens is 5. The monoisotopic (exact) mass is 565 g/mol. The Labute approximate surface area is 244 Å². The lowest BCUT2D eigenvalue weighted by atomic mass is 9.89. The molecule has 4 aromatic heterocycles. The Morgan fingerprint density at radius 2 is 1.98 bits per heavy atom. The number of anilines is 1. The summed E-state index contributed by atoms with van der Waals surface area (Å²) < 4.78 is 9.82. The van der Waals surface area contributed by atoms with Gasteiger partial charge in [-0.1, -0.05) is 30.3 Å². The number of amides is 1. The number of hydrogen-bond donors (Lipinski definition) is 2. The van der Waals surface area contributed by atoms with Crippen LogP contribution < -0.4 is 10.2 Å². The summed E-state index contributed by atoms with van der Waals surface area (Å²) in [5, 5.41) is 18.6. The summed E-state index contributed by atoms with van der Waals surface area (Å²) in [6.07, 6.45) is 9.74. The first-order valence-electron chi connectivity index (χ1n) is 14.6. The van der Waals surface area contributed by atoms with Crippen LogP contribution in [0.15, 0.2) is 67.1 Å². The molecule has 42 heavy (non-hydrogen) atoms. The second-order valence-corrected chi connectivity index (χ2v) is 11.5. The highest BCUT2D eigenvalue weighted by Gasteiger charge is 2.33. The summed E-state index contributed by atoms with van der Waals surface area (Å²) >= 11 is 0. The normalized spacial score (nSPS) is 22.0. The van der Waals surface area contributed by atoms with Crippen molar-refractivity contribution in [2.75, 3.05) is 19.1 Å². The Balaban J connectivity index is 1.37. The van der Waals surface area contributed by atoms with Gasteiger partial charge in [-0.15, -0.1) is 0 Å². The number of fused-ring (bicyclic) bond motifs is 2. The number of ether oxygens (including phenoxy) is 1. The first-order chi connectivity index (χ1) is 20.5. The molecule has 10 heteroatoms. The topological polar surface area (TPSA) is 110 Å². The first-order valence-corrected chi connectivity index (χ1v) is 14.6. The van der Waals surface area contributed by atoms with Crippen LogP contribution in [-0.2, 0) is 11.3 Å². The molecule has 2 saturated carbocycles. The molecule has 0 bridgehead atoms. The average molecular weight is 566 g/mol. The molecule has 2 aliphatic rings. The van der Waals surface area contributed by atoms with E-state index < -0.39 is 6.10 Å². The lowest BCUT2D eigenvalue weighted by molar-refractivity contribution is 0.0448. The predicted octanol–water partition coefficient (Wildman–Crippen LogP) is 4.38. The van der Waals surface area contributed by atoms with Crippen LogP contribution in [-0.4, -0.2) is 67.6 Å². The van der Waals surface area contributed by atoms with Gasteiger partial charge in [-0.25, -0.2) is 9.97 Å². The zero-order valence-electron chi connectivity index (χ0n) is 23.8. The standard InChI is InChI=1S/C32H35N7O3/c1-37(18-20-8-4-3-5-9-20)29-16-25(35-31-22(17-34-39(29)31)32(41)36-24-13-14-27(24)40)23-19-38(26-11-6-12-28(26)42-2)30-21(23)10-7-15-33-30/h3-5,7-10,15-17,19,24,26-28,40H,6,11-14,18H2,1-2H3,(H,36,41)/t24-,26-,27+,28-/m0/s1. The zero-order chi connectivity index (χ0) is 28.8. The van der Waals surface area contributed by atoms with Crippen molar-refractivity contribution in [2.24, 2.45) is 0 Å². The van der Waals surface area contributed by atoms with Gasteiger partial charge in [-0.3, -0.25) is 4.79 Å². The number of carbonyl (C=O) groups is 1. The van der Waals surface area contributed by atoms with Crippen molar-refractivity contribution in [1.29, 1.82) is 0 Å². The SMILES string of the molecule is CO[C@H]1CCC[C@@H]1n1cc(-c2cc(N(C)Cc3ccccc3)n3ncc(C(=O)N[C@H]4CC[C@H]4O)c3n2)c2cccnc21. The molecule has 0 aliphatic heterocycles. The molecular formula is C32H35N7O3. The van der Waals surface area contributed by atoms with Crippen molar-refractivity contribution in [1.82, 2.24) is 29.5 Å². The predicted molar refractivity (Wildman–Crippen MR) is 160 cm³/mol. The number of nitrogens with zero attached hydrogens (tertiary/aromatic N) is 6. The molecule has 0 unspecified atom stereocenters. The van der Waals surface area contributed by atoms with E-state index in [1.54, 1.807) is 17.8 Å². The van der Waals surface area contributed by atoms with Gasteiger partial charge in [0.1, 0.15) is 17.0 Å². The van der Waals surface area contributed by atoms with Crippen molar-refractivity contribution < 1.29 is 14.6 Å². The smallest absolute Gasteiger partial charge is 0.257 e. The fourth-order valence-corrected chi connectivity index (χ4v) is 6.39. The Morgan fingerprint density at radius 1 is 1.12 bits per heavy atom. The minimum Gasteiger partial charge on any atom is -0.391 e. The van der Waals surface area contributed by atoms with Gasteiger partial charge in [-0.2, -0.15) is 9.61 Å². The molecule has 0 spiro atoms. The minimum absolute atomic E-state index is 0.130. The molecule has 4 atom stereocenters. The van der Waals surface area contributed by atoms with E-state index in [0.29, 0.717) is 24.2 Å². The Hall–Kier alpha value is -4.28. The van der Waals surface area contributed by atoms with Gasteiger partial charge in [0.05, 0.1) is 36.2 Å². The third kappa shape index (κ3) is 4.60. The molecule has 2 fully saturated rings. The summed E-state index contributed by atoms with van der Waals surface area (Å²) in [4.78, 5) is 25.3. The molecule has 0 saturated heterocycles. The van der Waals surface area contributed by atoms with Crippen LogP contribution >= 0.6 is 0 Å². The number of pyridine rings is 1. The maximum absolute atomic E-state index is 13.4. The molecule has 216 valence electrons. The van der Waals surface area contributed by atoms with Crippen LogP contribution in [0.5, 0.6) is 0 Å². The molecular weight excluding hydrogens is 530 g/mol. The third-order valence-electron chi connectivity index (χ3n) is 8.85. The number of benzene rings is 1. The van der Waals surface area contributed by atoms with E-state index in [-0.39, 0.29) is 24.1 Å². The van der Waals surface area contributed by atoms with Gasteiger partial charge >= 0.3 is 0 Å². The fraction of sp³-hybridized carbons (Fsp3) is 0.375. The molecule has 10 nitrogen and oxygen atoms in total. The summed E-state index contributed by atoms with van der Waals surface area (Å²) in [6, 6.07) is 16.2. The van der Waals surface area contributed by atoms with Crippen LogP contribution in [0.25, 0.3) is 27.9 Å². The fourth-order valence-electron chi connectivity index (χ4n) is 6.39. The summed E-state index contributed by atoms with van der Waals surface area (Å²) in [5.74, 6) is 0.523. The van der Waals surface area contributed by atoms with Gasteiger partial charge in [0.2, 0.25) is 0 Å². The third-order valence-corrected chi connectivity index (χ3v) is 8.85. The zero-order valence-corrected chi connectivity index (χ0v) is 23.8. The van der Waals surface area contributed by atoms with Crippen LogP contribution in [0.4, 0.5) is 5.82 Å². The number of aliphatic hydroxyl groups is 1. The summed E-state index contributed by atoms with van der Waals surface area (Å²) in [7, 11) is 3.80. The molecule has 4 heterocycles. The number of aliphatic hydroxyl groups excluding tert-OH is 1. The number of hydrogen-bond acceptors (Lipinski definition) is 7. The molecule has 5 aromatic rings. The van der Waals surface area contributed by atoms with E-state index in [1.807, 2.05) is 43.6 Å². The molecule has 2 aliphatic carbocycles. The lowest BCUT2D eigenvalue weighted by Gasteiger charge is -2.32. The molecule has 2 N–H and O–H groups in total. The summed E-state index contributed by atoms with van der Waals surface area (Å²) in [5.41, 5.74) is 4.57. The average Bonchev–Trinajstić information content (AvgIpc) is 3.75. The minimum atomic E-state index is -0.517. The van der Waals surface area contributed by atoms with E-state index in [2.05, 4.69) is 44.3 Å². The number of methoxy groups -OCH3 is 1. The largest absolute Gasteiger partial charge is 0.391 e. The molecule has 1 amide bonds. The van der Waals surface area contributed by atoms with Crippen molar-refractivity contribution >= 4 is 28.4 Å². The number of carbonyl (C=O) groups excluding carboxylic acids is 1. The quantitative estimate of drug-likeness (QED) is 0.287. The molecule has 0 radical (unpaired) electrons. The highest BCUT2D eigenvalue weighted by Crippen LogP contribution is 2.39. The second-order valence-electron chi connectivity index (χ2n) is 11.5. The maximum Gasteiger partial charge on any atom is 0.257 e. The van der Waals surface area contributed by atoms with Gasteiger partial charge in [0, 0.05) is 50.1 Å². The van der Waals surface area contributed by atoms with E-state index in [4.69, 9.17) is 14.7 Å². The van der Waals surface area contributed by atoms with Crippen LogP contribution in [0.1, 0.15) is 54.1 Å². The number of rotatable bonds is 8. The highest BCUT2D eigenvalue weighted by molar-refractivity contribution is 6.01. The summed E-state index contributed by atoms with van der Waals surface area (Å²) in [6.45, 7) is 0.649. The van der Waals surface area contributed by atoms with Gasteiger partial charge < -0.3 is 24.6 Å². The number of nitrogens with one attached hydrogen (secondary N) is 1.